The highest BCUT2D eigenvalue weighted by Crippen LogP contribution is 2.20. The van der Waals surface area contributed by atoms with Crippen LogP contribution in [0.15, 0.2) is 23.8 Å². The lowest BCUT2D eigenvalue weighted by molar-refractivity contribution is 0.260. The number of hydrogen-bond acceptors (Lipinski definition) is 1. The lowest BCUT2D eigenvalue weighted by Gasteiger charge is -2.21. The van der Waals surface area contributed by atoms with Crippen LogP contribution in [0.2, 0.25) is 0 Å². The topological polar surface area (TPSA) is 3.24 Å². The summed E-state index contributed by atoms with van der Waals surface area (Å²) in [5.74, 6) is 0.816. The Hall–Kier alpha value is -0.560. The minimum absolute atomic E-state index is 0.816. The van der Waals surface area contributed by atoms with Crippen molar-refractivity contribution in [2.45, 2.75) is 214 Å². The van der Waals surface area contributed by atoms with E-state index in [9.17, 15) is 0 Å². The zero-order valence-corrected chi connectivity index (χ0v) is 30.2. The summed E-state index contributed by atoms with van der Waals surface area (Å²) in [6, 6.07) is 0. The third kappa shape index (κ3) is 30.9. The van der Waals surface area contributed by atoms with Crippen LogP contribution in [0.4, 0.5) is 0 Å². The van der Waals surface area contributed by atoms with Gasteiger partial charge in [0.05, 0.1) is 0 Å². The molecule has 0 aliphatic carbocycles. The van der Waals surface area contributed by atoms with Gasteiger partial charge in [0.25, 0.3) is 0 Å². The Balaban J connectivity index is 3.63. The molecule has 0 saturated heterocycles. The van der Waals surface area contributed by atoms with Crippen molar-refractivity contribution in [3.8, 4) is 0 Å². The molecular weight excluding hydrogens is 506 g/mol. The van der Waals surface area contributed by atoms with Gasteiger partial charge in [0.1, 0.15) is 0 Å². The Morgan fingerprint density at radius 3 is 1.38 bits per heavy atom. The first-order valence-corrected chi connectivity index (χ1v) is 19.7. The Morgan fingerprint density at radius 1 is 0.500 bits per heavy atom. The van der Waals surface area contributed by atoms with Crippen molar-refractivity contribution < 1.29 is 0 Å². The first-order chi connectivity index (χ1) is 20.7. The van der Waals surface area contributed by atoms with E-state index >= 15 is 0 Å². The van der Waals surface area contributed by atoms with Crippen molar-refractivity contribution in [3.05, 3.63) is 23.8 Å². The summed E-state index contributed by atoms with van der Waals surface area (Å²) in [5, 5.41) is 0. The predicted molar refractivity (Wildman–Crippen MR) is 195 cm³/mol. The van der Waals surface area contributed by atoms with E-state index in [-0.39, 0.29) is 0 Å². The average molecular weight is 588 g/mol. The lowest BCUT2D eigenvalue weighted by Crippen LogP contribution is -2.27. The maximum atomic E-state index is 2.76. The minimum Gasteiger partial charge on any atom is -0.303 e. The van der Waals surface area contributed by atoms with E-state index in [1.807, 2.05) is 0 Å². The normalized spacial score (nSPS) is 13.1. The quantitative estimate of drug-likeness (QED) is 0.0534. The molecule has 0 aromatic carbocycles. The van der Waals surface area contributed by atoms with Crippen LogP contribution in [-0.4, -0.2) is 24.5 Å². The van der Waals surface area contributed by atoms with E-state index in [4.69, 9.17) is 0 Å². The van der Waals surface area contributed by atoms with Crippen LogP contribution >= 0.6 is 0 Å². The van der Waals surface area contributed by atoms with Gasteiger partial charge in [-0.3, -0.25) is 0 Å². The molecule has 0 aliphatic heterocycles. The molecule has 0 N–H and O–H groups in total. The summed E-state index contributed by atoms with van der Waals surface area (Å²) in [7, 11) is 0. The SMILES string of the molecule is C/C=C(\C=C/CCCCC)CC(C)CCCCCCCN(CCC)CCCCCCCCCCCCCCCCCC. The van der Waals surface area contributed by atoms with E-state index in [0.717, 1.165) is 5.92 Å². The smallest absolute Gasteiger partial charge is 0.00187 e. The summed E-state index contributed by atoms with van der Waals surface area (Å²) in [5.41, 5.74) is 1.54. The second-order valence-corrected chi connectivity index (χ2v) is 13.8. The molecule has 42 heavy (non-hydrogen) atoms. The zero-order chi connectivity index (χ0) is 30.8. The van der Waals surface area contributed by atoms with Crippen LogP contribution < -0.4 is 0 Å². The van der Waals surface area contributed by atoms with E-state index in [1.54, 1.807) is 5.57 Å². The fourth-order valence-electron chi connectivity index (χ4n) is 6.43. The second-order valence-electron chi connectivity index (χ2n) is 13.8. The minimum atomic E-state index is 0.816. The highest BCUT2D eigenvalue weighted by atomic mass is 15.1. The molecule has 0 bridgehead atoms. The number of nitrogens with zero attached hydrogens (tertiary/aromatic N) is 1. The third-order valence-electron chi connectivity index (χ3n) is 9.30. The fraction of sp³-hybridized carbons (Fsp3) is 0.902. The molecule has 0 spiro atoms. The molecule has 0 saturated carbocycles. The molecule has 1 heteroatoms. The molecular formula is C41H81N. The molecule has 0 aromatic rings. The summed E-state index contributed by atoms with van der Waals surface area (Å²) in [4.78, 5) is 2.76. The molecule has 0 fully saturated rings. The molecule has 0 heterocycles. The van der Waals surface area contributed by atoms with Gasteiger partial charge in [-0.05, 0) is 71.0 Å². The Kier molecular flexibility index (Phi) is 34.5. The molecule has 1 unspecified atom stereocenters. The number of allylic oxidation sites excluding steroid dienone is 4. The molecule has 0 radical (unpaired) electrons. The molecule has 0 amide bonds. The summed E-state index contributed by atoms with van der Waals surface area (Å²) < 4.78 is 0. The number of unbranched alkanes of at least 4 members (excludes halogenated alkanes) is 22. The van der Waals surface area contributed by atoms with Crippen LogP contribution in [0.3, 0.4) is 0 Å². The van der Waals surface area contributed by atoms with Gasteiger partial charge in [-0.15, -0.1) is 0 Å². The Morgan fingerprint density at radius 2 is 0.929 bits per heavy atom. The van der Waals surface area contributed by atoms with Gasteiger partial charge in [-0.25, -0.2) is 0 Å². The summed E-state index contributed by atoms with van der Waals surface area (Å²) >= 11 is 0. The van der Waals surface area contributed by atoms with Crippen molar-refractivity contribution >= 4 is 0 Å². The summed E-state index contributed by atoms with van der Waals surface area (Å²) in [6.45, 7) is 15.6. The molecule has 1 nitrogen and oxygen atoms in total. The van der Waals surface area contributed by atoms with Crippen LogP contribution in [0, 0.1) is 5.92 Å². The fourth-order valence-corrected chi connectivity index (χ4v) is 6.43. The average Bonchev–Trinajstić information content (AvgIpc) is 2.99. The van der Waals surface area contributed by atoms with Crippen molar-refractivity contribution in [1.82, 2.24) is 4.90 Å². The van der Waals surface area contributed by atoms with Gasteiger partial charge in [0.2, 0.25) is 0 Å². The van der Waals surface area contributed by atoms with E-state index < -0.39 is 0 Å². The highest BCUT2D eigenvalue weighted by molar-refractivity contribution is 5.18. The van der Waals surface area contributed by atoms with Crippen molar-refractivity contribution in [1.29, 1.82) is 0 Å². The van der Waals surface area contributed by atoms with Crippen LogP contribution in [-0.2, 0) is 0 Å². The molecule has 250 valence electrons. The lowest BCUT2D eigenvalue weighted by atomic mass is 9.94. The van der Waals surface area contributed by atoms with Crippen LogP contribution in [0.25, 0.3) is 0 Å². The molecule has 0 aliphatic rings. The van der Waals surface area contributed by atoms with Gasteiger partial charge >= 0.3 is 0 Å². The third-order valence-corrected chi connectivity index (χ3v) is 9.30. The van der Waals surface area contributed by atoms with Crippen molar-refractivity contribution in [2.75, 3.05) is 19.6 Å². The Labute approximate surface area is 268 Å². The monoisotopic (exact) mass is 588 g/mol. The predicted octanol–water partition coefficient (Wildman–Crippen LogP) is 14.4. The van der Waals surface area contributed by atoms with E-state index in [2.05, 4.69) is 57.7 Å². The van der Waals surface area contributed by atoms with Gasteiger partial charge in [0, 0.05) is 0 Å². The van der Waals surface area contributed by atoms with Crippen molar-refractivity contribution in [3.63, 3.8) is 0 Å². The number of hydrogen-bond donors (Lipinski definition) is 0. The van der Waals surface area contributed by atoms with Crippen LogP contribution in [0.5, 0.6) is 0 Å². The van der Waals surface area contributed by atoms with Gasteiger partial charge in [0.15, 0.2) is 0 Å². The van der Waals surface area contributed by atoms with Gasteiger partial charge in [-0.1, -0.05) is 193 Å². The van der Waals surface area contributed by atoms with Gasteiger partial charge in [-0.2, -0.15) is 0 Å². The largest absolute Gasteiger partial charge is 0.303 e. The first kappa shape index (κ1) is 41.4. The first-order valence-electron chi connectivity index (χ1n) is 19.7. The Bertz CT molecular complexity index is 561. The maximum absolute atomic E-state index is 2.76. The van der Waals surface area contributed by atoms with Crippen molar-refractivity contribution in [2.24, 2.45) is 5.92 Å². The second kappa shape index (κ2) is 34.9. The standard InChI is InChI=1S/C41H81N/c1-6-10-12-14-15-16-17-18-19-20-21-22-23-24-28-32-37-42(36-8-3)38-33-29-25-27-30-34-40(5)39-41(9-4)35-31-26-13-11-7-2/h9,31,35,40H,6-8,10-30,32-34,36-39H2,1-5H3/b35-31-,41-9+. The maximum Gasteiger partial charge on any atom is -0.00187 e. The zero-order valence-electron chi connectivity index (χ0n) is 30.2. The van der Waals surface area contributed by atoms with E-state index in [1.165, 1.54) is 199 Å². The molecule has 1 atom stereocenters. The summed E-state index contributed by atoms with van der Waals surface area (Å²) in [6.07, 6.45) is 46.8. The molecule has 0 aromatic heterocycles. The number of rotatable bonds is 34. The van der Waals surface area contributed by atoms with E-state index in [0.29, 0.717) is 0 Å². The highest BCUT2D eigenvalue weighted by Gasteiger charge is 2.06. The molecule has 0 rings (SSSR count). The van der Waals surface area contributed by atoms with Gasteiger partial charge < -0.3 is 4.90 Å². The van der Waals surface area contributed by atoms with Crippen LogP contribution in [0.1, 0.15) is 214 Å².